The Morgan fingerprint density at radius 1 is 1.12 bits per heavy atom. The lowest BCUT2D eigenvalue weighted by Gasteiger charge is -2.20. The highest BCUT2D eigenvalue weighted by molar-refractivity contribution is 7.90. The van der Waals surface area contributed by atoms with E-state index in [1.54, 1.807) is 41.2 Å². The van der Waals surface area contributed by atoms with Crippen molar-refractivity contribution < 1.29 is 22.7 Å². The molecule has 0 aliphatic heterocycles. The molecule has 1 saturated carbocycles. The van der Waals surface area contributed by atoms with Gasteiger partial charge in [0.15, 0.2) is 0 Å². The van der Waals surface area contributed by atoms with E-state index in [1.165, 1.54) is 7.11 Å². The summed E-state index contributed by atoms with van der Waals surface area (Å²) < 4.78 is 32.9. The largest absolute Gasteiger partial charge is 0.453 e. The van der Waals surface area contributed by atoms with Crippen LogP contribution in [0, 0.1) is 0 Å². The van der Waals surface area contributed by atoms with Crippen molar-refractivity contribution in [2.75, 3.05) is 12.4 Å². The van der Waals surface area contributed by atoms with E-state index in [4.69, 9.17) is 0 Å². The van der Waals surface area contributed by atoms with E-state index in [-0.39, 0.29) is 0 Å². The van der Waals surface area contributed by atoms with Crippen LogP contribution in [0.2, 0.25) is 0 Å². The third-order valence-electron chi connectivity index (χ3n) is 5.34. The number of methoxy groups -OCH3 is 1. The van der Waals surface area contributed by atoms with Gasteiger partial charge in [-0.3, -0.25) is 5.32 Å². The van der Waals surface area contributed by atoms with E-state index in [0.717, 1.165) is 11.3 Å². The highest BCUT2D eigenvalue weighted by Crippen LogP contribution is 2.27. The second-order valence-electron chi connectivity index (χ2n) is 7.88. The molecule has 0 radical (unpaired) electrons. The molecule has 3 aromatic rings. The topological polar surface area (TPSA) is 131 Å². The van der Waals surface area contributed by atoms with E-state index in [2.05, 4.69) is 25.1 Å². The number of benzene rings is 2. The number of sulfonamides is 1. The quantitative estimate of drug-likeness (QED) is 0.451. The van der Waals surface area contributed by atoms with Gasteiger partial charge in [0.05, 0.1) is 18.4 Å². The van der Waals surface area contributed by atoms with Crippen LogP contribution >= 0.6 is 0 Å². The molecule has 1 aromatic heterocycles. The monoisotopic (exact) mass is 483 g/mol. The summed E-state index contributed by atoms with van der Waals surface area (Å²) >= 11 is 0. The first-order chi connectivity index (χ1) is 16.4. The Kier molecular flexibility index (Phi) is 6.82. The molecule has 0 spiro atoms. The third kappa shape index (κ3) is 5.73. The maximum atomic E-state index is 12.6. The first-order valence-corrected chi connectivity index (χ1v) is 12.2. The molecular formula is C23H25N5O5S. The molecule has 1 aliphatic rings. The number of ether oxygens (including phenoxy) is 1. The zero-order valence-corrected chi connectivity index (χ0v) is 19.3. The Bertz CT molecular complexity index is 1250. The summed E-state index contributed by atoms with van der Waals surface area (Å²) in [5.41, 5.74) is 2.25. The van der Waals surface area contributed by atoms with Crippen molar-refractivity contribution in [2.45, 2.75) is 30.6 Å². The maximum Gasteiger partial charge on any atom is 0.411 e. The molecule has 0 bridgehead atoms. The van der Waals surface area contributed by atoms with Gasteiger partial charge in [0.25, 0.3) is 0 Å². The summed E-state index contributed by atoms with van der Waals surface area (Å²) in [6.45, 7) is 0. The Hall–Kier alpha value is -3.86. The molecule has 10 nitrogen and oxygen atoms in total. The van der Waals surface area contributed by atoms with Crippen LogP contribution in [0.25, 0.3) is 5.69 Å². The van der Waals surface area contributed by atoms with E-state index in [1.807, 2.05) is 30.3 Å². The fourth-order valence-electron chi connectivity index (χ4n) is 3.50. The van der Waals surface area contributed by atoms with Crippen molar-refractivity contribution >= 4 is 27.8 Å². The van der Waals surface area contributed by atoms with Crippen LogP contribution in [0.4, 0.5) is 15.3 Å². The van der Waals surface area contributed by atoms with Gasteiger partial charge in [0.1, 0.15) is 5.82 Å². The summed E-state index contributed by atoms with van der Waals surface area (Å²) in [5, 5.41) is 4.85. The average molecular weight is 484 g/mol. The molecule has 3 amide bonds. The molecule has 11 heteroatoms. The van der Waals surface area contributed by atoms with Gasteiger partial charge in [-0.05, 0) is 49.1 Å². The molecule has 1 atom stereocenters. The van der Waals surface area contributed by atoms with Crippen LogP contribution in [-0.2, 0) is 21.2 Å². The van der Waals surface area contributed by atoms with Gasteiger partial charge < -0.3 is 14.6 Å². The average Bonchev–Trinajstić information content (AvgIpc) is 3.58. The van der Waals surface area contributed by atoms with Gasteiger partial charge in [-0.25, -0.2) is 27.7 Å². The normalized spacial score (nSPS) is 14.1. The number of hydrogen-bond donors (Lipinski definition) is 3. The summed E-state index contributed by atoms with van der Waals surface area (Å²) in [6.07, 6.45) is 4.29. The third-order valence-corrected chi connectivity index (χ3v) is 7.16. The summed E-state index contributed by atoms with van der Waals surface area (Å²) in [4.78, 5) is 28.5. The molecule has 0 saturated heterocycles. The van der Waals surface area contributed by atoms with Crippen molar-refractivity contribution in [1.29, 1.82) is 0 Å². The first-order valence-electron chi connectivity index (χ1n) is 10.7. The number of imidazole rings is 1. The van der Waals surface area contributed by atoms with Crippen molar-refractivity contribution in [3.8, 4) is 5.69 Å². The minimum Gasteiger partial charge on any atom is -0.453 e. The van der Waals surface area contributed by atoms with Crippen LogP contribution in [0.1, 0.15) is 30.3 Å². The highest BCUT2D eigenvalue weighted by Gasteiger charge is 2.37. The minimum absolute atomic E-state index is 0.400. The lowest BCUT2D eigenvalue weighted by atomic mass is 10.1. The standard InChI is InChI=1S/C23H25N5O5S/c1-33-23(30)25-17-7-9-18(10-8-17)28-14-13-24-21(28)20(15-16-5-3-2-4-6-16)26-22(29)27-34(31,32)19-11-12-19/h2-10,13-14,19-20H,11-12,15H2,1H3,(H,25,30)(H2,26,27,29). The second-order valence-corrected chi connectivity index (χ2v) is 9.84. The van der Waals surface area contributed by atoms with E-state index in [0.29, 0.717) is 30.8 Å². The van der Waals surface area contributed by atoms with Crippen molar-refractivity contribution in [2.24, 2.45) is 0 Å². The number of anilines is 1. The molecule has 4 rings (SSSR count). The number of aromatic nitrogens is 2. The predicted molar refractivity (Wildman–Crippen MR) is 126 cm³/mol. The molecule has 1 heterocycles. The van der Waals surface area contributed by atoms with Crippen LogP contribution in [0.15, 0.2) is 67.0 Å². The number of hydrogen-bond acceptors (Lipinski definition) is 6. The molecule has 3 N–H and O–H groups in total. The predicted octanol–water partition coefficient (Wildman–Crippen LogP) is 3.13. The molecular weight excluding hydrogens is 458 g/mol. The summed E-state index contributed by atoms with van der Waals surface area (Å²) in [6, 6.07) is 15.1. The molecule has 1 aliphatic carbocycles. The van der Waals surface area contributed by atoms with Crippen LogP contribution in [0.5, 0.6) is 0 Å². The van der Waals surface area contributed by atoms with E-state index in [9.17, 15) is 18.0 Å². The molecule has 1 fully saturated rings. The number of nitrogens with one attached hydrogen (secondary N) is 3. The number of urea groups is 1. The summed E-state index contributed by atoms with van der Waals surface area (Å²) in [5.74, 6) is 0.525. The van der Waals surface area contributed by atoms with Crippen molar-refractivity contribution in [3.05, 3.63) is 78.4 Å². The highest BCUT2D eigenvalue weighted by atomic mass is 32.2. The zero-order chi connectivity index (χ0) is 24.1. The molecule has 34 heavy (non-hydrogen) atoms. The molecule has 178 valence electrons. The number of carbonyl (C=O) groups is 2. The fourth-order valence-corrected chi connectivity index (χ4v) is 4.74. The Morgan fingerprint density at radius 2 is 1.82 bits per heavy atom. The van der Waals surface area contributed by atoms with E-state index >= 15 is 0 Å². The number of amides is 3. The Labute approximate surface area is 197 Å². The first kappa shape index (κ1) is 23.3. The fraction of sp³-hybridized carbons (Fsp3) is 0.261. The maximum absolute atomic E-state index is 12.6. The number of nitrogens with zero attached hydrogens (tertiary/aromatic N) is 2. The number of carbonyl (C=O) groups excluding carboxylic acids is 2. The SMILES string of the molecule is COC(=O)Nc1ccc(-n2ccnc2C(Cc2ccccc2)NC(=O)NS(=O)(=O)C2CC2)cc1. The van der Waals surface area contributed by atoms with Crippen LogP contribution in [-0.4, -0.2) is 42.5 Å². The van der Waals surface area contributed by atoms with Gasteiger partial charge in [-0.2, -0.15) is 0 Å². The van der Waals surface area contributed by atoms with Gasteiger partial charge in [-0.1, -0.05) is 30.3 Å². The summed E-state index contributed by atoms with van der Waals surface area (Å²) in [7, 11) is -2.40. The minimum atomic E-state index is -3.69. The van der Waals surface area contributed by atoms with Gasteiger partial charge in [0, 0.05) is 23.8 Å². The second kappa shape index (κ2) is 9.96. The van der Waals surface area contributed by atoms with Gasteiger partial charge >= 0.3 is 12.1 Å². The van der Waals surface area contributed by atoms with Crippen LogP contribution in [0.3, 0.4) is 0 Å². The van der Waals surface area contributed by atoms with Gasteiger partial charge in [-0.15, -0.1) is 0 Å². The van der Waals surface area contributed by atoms with Crippen molar-refractivity contribution in [1.82, 2.24) is 19.6 Å². The van der Waals surface area contributed by atoms with Crippen molar-refractivity contribution in [3.63, 3.8) is 0 Å². The Balaban J connectivity index is 1.58. The Morgan fingerprint density at radius 3 is 2.47 bits per heavy atom. The molecule has 1 unspecified atom stereocenters. The van der Waals surface area contributed by atoms with E-state index < -0.39 is 33.4 Å². The smallest absolute Gasteiger partial charge is 0.411 e. The van der Waals surface area contributed by atoms with Crippen LogP contribution < -0.4 is 15.4 Å². The lowest BCUT2D eigenvalue weighted by Crippen LogP contribution is -2.43. The zero-order valence-electron chi connectivity index (χ0n) is 18.5. The lowest BCUT2D eigenvalue weighted by molar-refractivity contribution is 0.187. The van der Waals surface area contributed by atoms with Gasteiger partial charge in [0.2, 0.25) is 10.0 Å². The molecule has 2 aromatic carbocycles. The number of rotatable bonds is 8.